The quantitative estimate of drug-likeness (QED) is 0.626. The maximum absolute atomic E-state index is 12.2. The molecule has 4 rings (SSSR count). The van der Waals surface area contributed by atoms with Gasteiger partial charge in [0.15, 0.2) is 11.6 Å². The minimum atomic E-state index is -0.463. The number of nitrogens with zero attached hydrogens (tertiary/aromatic N) is 4. The fraction of sp³-hybridized carbons (Fsp3) is 0.478. The zero-order valence-electron chi connectivity index (χ0n) is 19.4. The molecule has 182 valence electrons. The second-order valence-corrected chi connectivity index (χ2v) is 8.79. The molecule has 2 aliphatic rings. The lowest BCUT2D eigenvalue weighted by atomic mass is 10.0. The minimum Gasteiger partial charge on any atom is -0.485 e. The van der Waals surface area contributed by atoms with E-state index in [1.54, 1.807) is 17.0 Å². The summed E-state index contributed by atoms with van der Waals surface area (Å²) in [6, 6.07) is 5.07. The smallest absolute Gasteiger partial charge is 0.410 e. The van der Waals surface area contributed by atoms with Gasteiger partial charge in [-0.2, -0.15) is 0 Å². The van der Waals surface area contributed by atoms with Crippen molar-refractivity contribution in [2.75, 3.05) is 43.6 Å². The van der Waals surface area contributed by atoms with Crippen molar-refractivity contribution in [1.82, 2.24) is 14.9 Å². The van der Waals surface area contributed by atoms with Gasteiger partial charge in [0.25, 0.3) is 0 Å². The Morgan fingerprint density at radius 3 is 2.65 bits per heavy atom. The number of carbonyl (C=O) groups is 2. The van der Waals surface area contributed by atoms with Crippen molar-refractivity contribution >= 4 is 41.0 Å². The molecule has 34 heavy (non-hydrogen) atoms. The Kier molecular flexibility index (Phi) is 7.26. The summed E-state index contributed by atoms with van der Waals surface area (Å²) in [5.74, 6) is 1.27. The molecule has 0 unspecified atom stereocenters. The van der Waals surface area contributed by atoms with E-state index in [4.69, 9.17) is 25.8 Å². The molecule has 2 aromatic rings. The Balaban J connectivity index is 1.49. The fourth-order valence-electron chi connectivity index (χ4n) is 4.12. The molecule has 0 saturated carbocycles. The van der Waals surface area contributed by atoms with Crippen molar-refractivity contribution < 1.29 is 23.8 Å². The van der Waals surface area contributed by atoms with Crippen molar-refractivity contribution in [1.29, 1.82) is 0 Å². The second-order valence-electron chi connectivity index (χ2n) is 8.38. The molecule has 0 spiro atoms. The maximum Gasteiger partial charge on any atom is 0.410 e. The lowest BCUT2D eigenvalue weighted by Crippen LogP contribution is -2.49. The van der Waals surface area contributed by atoms with Crippen LogP contribution in [0.15, 0.2) is 24.5 Å². The Labute approximate surface area is 203 Å². The number of rotatable bonds is 5. The largest absolute Gasteiger partial charge is 0.485 e. The maximum atomic E-state index is 12.2. The molecular formula is C23H28ClN5O5. The number of aromatic nitrogens is 2. The molecule has 1 N–H and O–H groups in total. The van der Waals surface area contributed by atoms with Crippen LogP contribution >= 0.6 is 11.6 Å². The van der Waals surface area contributed by atoms with E-state index >= 15 is 0 Å². The van der Waals surface area contributed by atoms with Crippen molar-refractivity contribution in [3.05, 3.63) is 35.1 Å². The van der Waals surface area contributed by atoms with Crippen LogP contribution in [0.25, 0.3) is 0 Å². The molecule has 2 aliphatic heterocycles. The van der Waals surface area contributed by atoms with E-state index in [0.717, 1.165) is 12.8 Å². The normalized spacial score (nSPS) is 16.0. The van der Waals surface area contributed by atoms with Crippen LogP contribution in [0.3, 0.4) is 0 Å². The fourth-order valence-corrected chi connectivity index (χ4v) is 4.35. The van der Waals surface area contributed by atoms with Crippen LogP contribution in [-0.4, -0.2) is 72.4 Å². The van der Waals surface area contributed by atoms with Gasteiger partial charge in [-0.05, 0) is 44.9 Å². The first-order valence-corrected chi connectivity index (χ1v) is 11.6. The van der Waals surface area contributed by atoms with Gasteiger partial charge in [-0.15, -0.1) is 0 Å². The number of piperidine rings is 1. The number of fused-ring (bicyclic) bond motifs is 1. The van der Waals surface area contributed by atoms with Crippen molar-refractivity contribution in [2.24, 2.45) is 0 Å². The summed E-state index contributed by atoms with van der Waals surface area (Å²) >= 11 is 6.38. The van der Waals surface area contributed by atoms with Gasteiger partial charge in [0.1, 0.15) is 12.9 Å². The van der Waals surface area contributed by atoms with E-state index in [1.165, 1.54) is 19.5 Å². The summed E-state index contributed by atoms with van der Waals surface area (Å²) in [5, 5.41) is 3.54. The molecule has 11 heteroatoms. The standard InChI is InChI=1S/C23H28ClN5O5/c1-14(2)34-23(31)28-8-6-16(7-9-28)29-10-11-33-19-20(25-13-26-21(19)29)27-18-5-4-15(12-17(18)24)22(30)32-3/h4-5,12-14,16H,6-11H2,1-3H3,(H,25,26,27). The molecule has 1 saturated heterocycles. The zero-order valence-corrected chi connectivity index (χ0v) is 20.2. The van der Waals surface area contributed by atoms with E-state index in [1.807, 2.05) is 13.8 Å². The molecule has 0 aliphatic carbocycles. The highest BCUT2D eigenvalue weighted by molar-refractivity contribution is 6.33. The van der Waals surface area contributed by atoms with Gasteiger partial charge in [0.05, 0.1) is 36.0 Å². The number of hydrogen-bond acceptors (Lipinski definition) is 9. The molecule has 0 atom stereocenters. The molecular weight excluding hydrogens is 462 g/mol. The van der Waals surface area contributed by atoms with Gasteiger partial charge in [0, 0.05) is 19.1 Å². The first kappa shape index (κ1) is 23.9. The number of amides is 1. The van der Waals surface area contributed by atoms with E-state index < -0.39 is 5.97 Å². The summed E-state index contributed by atoms with van der Waals surface area (Å²) in [6.45, 7) is 6.13. The lowest BCUT2D eigenvalue weighted by Gasteiger charge is -2.41. The van der Waals surface area contributed by atoms with E-state index in [0.29, 0.717) is 59.9 Å². The lowest BCUT2D eigenvalue weighted by molar-refractivity contribution is 0.0600. The molecule has 10 nitrogen and oxygen atoms in total. The number of benzene rings is 1. The van der Waals surface area contributed by atoms with E-state index in [9.17, 15) is 9.59 Å². The molecule has 3 heterocycles. The Morgan fingerprint density at radius 1 is 1.21 bits per heavy atom. The second kappa shape index (κ2) is 10.3. The summed E-state index contributed by atoms with van der Waals surface area (Å²) < 4.78 is 16.0. The van der Waals surface area contributed by atoms with Gasteiger partial charge in [-0.1, -0.05) is 11.6 Å². The first-order chi connectivity index (χ1) is 16.4. The minimum absolute atomic E-state index is 0.135. The number of halogens is 1. The number of methoxy groups -OCH3 is 1. The molecule has 1 aromatic heterocycles. The summed E-state index contributed by atoms with van der Waals surface area (Å²) in [4.78, 5) is 36.8. The van der Waals surface area contributed by atoms with Gasteiger partial charge in [-0.3, -0.25) is 0 Å². The topological polar surface area (TPSA) is 106 Å². The average molecular weight is 490 g/mol. The highest BCUT2D eigenvalue weighted by atomic mass is 35.5. The molecule has 1 fully saturated rings. The molecule has 0 radical (unpaired) electrons. The van der Waals surface area contributed by atoms with Gasteiger partial charge in [-0.25, -0.2) is 19.6 Å². The number of nitrogens with one attached hydrogen (secondary N) is 1. The van der Waals surface area contributed by atoms with Crippen LogP contribution < -0.4 is 15.0 Å². The number of ether oxygens (including phenoxy) is 3. The molecule has 1 amide bonds. The van der Waals surface area contributed by atoms with E-state index in [2.05, 4.69) is 20.2 Å². The number of likely N-dealkylation sites (tertiary alicyclic amines) is 1. The van der Waals surface area contributed by atoms with Crippen molar-refractivity contribution in [3.8, 4) is 5.75 Å². The monoisotopic (exact) mass is 489 g/mol. The average Bonchev–Trinajstić information content (AvgIpc) is 2.84. The number of anilines is 3. The number of hydrogen-bond donors (Lipinski definition) is 1. The van der Waals surface area contributed by atoms with Crippen LogP contribution in [0.5, 0.6) is 5.75 Å². The summed E-state index contributed by atoms with van der Waals surface area (Å²) in [5.41, 5.74) is 0.932. The third-order valence-corrected chi connectivity index (χ3v) is 6.09. The van der Waals surface area contributed by atoms with Gasteiger partial charge < -0.3 is 29.3 Å². The highest BCUT2D eigenvalue weighted by Crippen LogP contribution is 2.39. The van der Waals surface area contributed by atoms with Crippen LogP contribution in [0.4, 0.5) is 22.1 Å². The van der Waals surface area contributed by atoms with Crippen LogP contribution in [0.2, 0.25) is 5.02 Å². The molecule has 0 bridgehead atoms. The van der Waals surface area contributed by atoms with Crippen LogP contribution in [0, 0.1) is 0 Å². The third-order valence-electron chi connectivity index (χ3n) is 5.78. The molecule has 1 aromatic carbocycles. The Hall–Kier alpha value is -3.27. The third kappa shape index (κ3) is 5.11. The predicted molar refractivity (Wildman–Crippen MR) is 127 cm³/mol. The van der Waals surface area contributed by atoms with Crippen LogP contribution in [0.1, 0.15) is 37.0 Å². The van der Waals surface area contributed by atoms with Gasteiger partial charge in [0.2, 0.25) is 5.75 Å². The SMILES string of the molecule is COC(=O)c1ccc(Nc2ncnc3c2OCCN3C2CCN(C(=O)OC(C)C)CC2)c(Cl)c1. The number of esters is 1. The van der Waals surface area contributed by atoms with Gasteiger partial charge >= 0.3 is 12.1 Å². The highest BCUT2D eigenvalue weighted by Gasteiger charge is 2.33. The first-order valence-electron chi connectivity index (χ1n) is 11.2. The zero-order chi connectivity index (χ0) is 24.2. The van der Waals surface area contributed by atoms with Crippen LogP contribution in [-0.2, 0) is 9.47 Å². The predicted octanol–water partition coefficient (Wildman–Crippen LogP) is 3.87. The summed E-state index contributed by atoms with van der Waals surface area (Å²) in [6.07, 6.45) is 2.69. The van der Waals surface area contributed by atoms with E-state index in [-0.39, 0.29) is 18.2 Å². The summed E-state index contributed by atoms with van der Waals surface area (Å²) in [7, 11) is 1.32. The van der Waals surface area contributed by atoms with Crippen molar-refractivity contribution in [2.45, 2.75) is 38.8 Å². The number of carbonyl (C=O) groups excluding carboxylic acids is 2. The Bertz CT molecular complexity index is 1060. The Morgan fingerprint density at radius 2 is 1.97 bits per heavy atom. The van der Waals surface area contributed by atoms with Crippen molar-refractivity contribution in [3.63, 3.8) is 0 Å².